The van der Waals surface area contributed by atoms with Gasteiger partial charge in [0.2, 0.25) is 5.96 Å². The molecule has 0 amide bonds. The van der Waals surface area contributed by atoms with Crippen LogP contribution in [0.5, 0.6) is 0 Å². The van der Waals surface area contributed by atoms with Crippen LogP contribution in [0.1, 0.15) is 6.92 Å². The highest BCUT2D eigenvalue weighted by molar-refractivity contribution is 6.29. The Balaban J connectivity index is 4.39. The van der Waals surface area contributed by atoms with Crippen LogP contribution in [-0.4, -0.2) is 31.0 Å². The van der Waals surface area contributed by atoms with Crippen LogP contribution in [0.25, 0.3) is 0 Å². The highest BCUT2D eigenvalue weighted by Crippen LogP contribution is 2.01. The molecule has 0 saturated heterocycles. The number of halogens is 1. The molecule has 0 aromatic heterocycles. The number of hydrogen-bond donors (Lipinski definition) is 2. The third kappa shape index (κ3) is 7.45. The van der Waals surface area contributed by atoms with Gasteiger partial charge >= 0.3 is 0 Å². The topological polar surface area (TPSA) is 83.1 Å². The summed E-state index contributed by atoms with van der Waals surface area (Å²) in [6.45, 7) is 6.61. The van der Waals surface area contributed by atoms with E-state index < -0.39 is 0 Å². The number of allylic oxidation sites excluding steroid dienone is 2. The van der Waals surface area contributed by atoms with E-state index >= 15 is 0 Å². The minimum atomic E-state index is 0.0672. The van der Waals surface area contributed by atoms with Gasteiger partial charge in [-0.05, 0) is 13.0 Å². The van der Waals surface area contributed by atoms with Gasteiger partial charge in [0, 0.05) is 20.1 Å². The largest absolute Gasteiger partial charge is 0.372 e. The Labute approximate surface area is 112 Å². The summed E-state index contributed by atoms with van der Waals surface area (Å²) in [5, 5.41) is 9.03. The predicted molar refractivity (Wildman–Crippen MR) is 75.9 cm³/mol. The molecule has 0 heterocycles. The second-order valence-electron chi connectivity index (χ2n) is 3.59. The standard InChI is InChI=1S/C11H18ClN5O/c1-4-7-14-10(12)6-5-9(2)8-17(3)11(13)15-16-18/h4-6,14H,1,7-8H2,2-3H3,(H2,13,15,18)/b9-5+,10-6-. The Hall–Kier alpha value is -1.82. The Bertz CT molecular complexity index is 376. The molecule has 0 fully saturated rings. The van der Waals surface area contributed by atoms with E-state index in [1.807, 2.05) is 13.0 Å². The summed E-state index contributed by atoms with van der Waals surface area (Å²) in [5.74, 6) is 0.0672. The summed E-state index contributed by atoms with van der Waals surface area (Å²) < 4.78 is 0. The third-order valence-corrected chi connectivity index (χ3v) is 2.21. The lowest BCUT2D eigenvalue weighted by Crippen LogP contribution is -2.34. The zero-order valence-corrected chi connectivity index (χ0v) is 11.3. The van der Waals surface area contributed by atoms with Crippen molar-refractivity contribution in [3.05, 3.63) is 40.4 Å². The van der Waals surface area contributed by atoms with Gasteiger partial charge in [-0.3, -0.25) is 0 Å². The van der Waals surface area contributed by atoms with Crippen molar-refractivity contribution in [3.63, 3.8) is 0 Å². The number of nitrogens with two attached hydrogens (primary N) is 1. The highest BCUT2D eigenvalue weighted by atomic mass is 35.5. The predicted octanol–water partition coefficient (Wildman–Crippen LogP) is 1.72. The molecule has 7 heteroatoms. The van der Waals surface area contributed by atoms with Crippen molar-refractivity contribution >= 4 is 17.6 Å². The van der Waals surface area contributed by atoms with Crippen LogP contribution < -0.4 is 11.1 Å². The van der Waals surface area contributed by atoms with Crippen LogP contribution in [0.2, 0.25) is 0 Å². The van der Waals surface area contributed by atoms with Gasteiger partial charge in [0.15, 0.2) is 0 Å². The quantitative estimate of drug-likeness (QED) is 0.140. The molecule has 0 atom stereocenters. The maximum atomic E-state index is 9.92. The van der Waals surface area contributed by atoms with Crippen LogP contribution in [0.15, 0.2) is 45.9 Å². The molecule has 0 aromatic carbocycles. The molecule has 0 bridgehead atoms. The van der Waals surface area contributed by atoms with Gasteiger partial charge in [-0.1, -0.05) is 34.4 Å². The molecule has 0 rings (SSSR count). The summed E-state index contributed by atoms with van der Waals surface area (Å²) >= 11 is 5.89. The molecule has 0 unspecified atom stereocenters. The number of nitrogens with one attached hydrogen (secondary N) is 1. The lowest BCUT2D eigenvalue weighted by Gasteiger charge is -2.16. The fourth-order valence-corrected chi connectivity index (χ4v) is 1.21. The van der Waals surface area contributed by atoms with Gasteiger partial charge in [0.1, 0.15) is 5.16 Å². The van der Waals surface area contributed by atoms with Crippen molar-refractivity contribution in [1.29, 1.82) is 0 Å². The molecule has 18 heavy (non-hydrogen) atoms. The molecule has 0 spiro atoms. The van der Waals surface area contributed by atoms with Crippen LogP contribution >= 0.6 is 11.6 Å². The van der Waals surface area contributed by atoms with Crippen LogP contribution in [-0.2, 0) is 0 Å². The van der Waals surface area contributed by atoms with Gasteiger partial charge in [-0.15, -0.1) is 11.5 Å². The second kappa shape index (κ2) is 9.23. The molecule has 0 aromatic rings. The van der Waals surface area contributed by atoms with Crippen molar-refractivity contribution in [1.82, 2.24) is 10.2 Å². The van der Waals surface area contributed by atoms with Crippen LogP contribution in [0.3, 0.4) is 0 Å². The molecular weight excluding hydrogens is 254 g/mol. The fourth-order valence-electron chi connectivity index (χ4n) is 1.07. The fraction of sp³-hybridized carbons (Fsp3) is 0.364. The molecule has 0 radical (unpaired) electrons. The summed E-state index contributed by atoms with van der Waals surface area (Å²) in [7, 11) is 1.71. The molecule has 0 aliphatic carbocycles. The minimum Gasteiger partial charge on any atom is -0.372 e. The normalized spacial score (nSPS) is 13.2. The number of nitrogens with zero attached hydrogens (tertiary/aromatic N) is 3. The van der Waals surface area contributed by atoms with Gasteiger partial charge in [0.05, 0.1) is 5.29 Å². The summed E-state index contributed by atoms with van der Waals surface area (Å²) in [5.41, 5.74) is 6.49. The maximum Gasteiger partial charge on any atom is 0.219 e. The summed E-state index contributed by atoms with van der Waals surface area (Å²) in [6, 6.07) is 0. The Morgan fingerprint density at radius 3 is 2.78 bits per heavy atom. The van der Waals surface area contributed by atoms with Crippen molar-refractivity contribution in [2.75, 3.05) is 20.1 Å². The number of guanidine groups is 1. The first kappa shape index (κ1) is 16.2. The van der Waals surface area contributed by atoms with E-state index in [0.29, 0.717) is 18.2 Å². The average Bonchev–Trinajstić information content (AvgIpc) is 2.34. The van der Waals surface area contributed by atoms with E-state index in [2.05, 4.69) is 22.3 Å². The minimum absolute atomic E-state index is 0.0672. The smallest absolute Gasteiger partial charge is 0.219 e. The first-order valence-electron chi connectivity index (χ1n) is 5.26. The summed E-state index contributed by atoms with van der Waals surface area (Å²) in [6.07, 6.45) is 5.29. The van der Waals surface area contributed by atoms with E-state index in [1.165, 1.54) is 0 Å². The van der Waals surface area contributed by atoms with E-state index in [0.717, 1.165) is 5.57 Å². The summed E-state index contributed by atoms with van der Waals surface area (Å²) in [4.78, 5) is 11.5. The van der Waals surface area contributed by atoms with Gasteiger partial charge in [-0.2, -0.15) is 0 Å². The lowest BCUT2D eigenvalue weighted by atomic mass is 10.2. The van der Waals surface area contributed by atoms with E-state index in [9.17, 15) is 4.91 Å². The zero-order valence-electron chi connectivity index (χ0n) is 10.6. The molecule has 0 aliphatic heterocycles. The lowest BCUT2D eigenvalue weighted by molar-refractivity contribution is 0.539. The SMILES string of the molecule is C=CCN/C(Cl)=C\C=C(/C)CN(C)/C(N)=N/N=O. The van der Waals surface area contributed by atoms with Crippen molar-refractivity contribution < 1.29 is 0 Å². The van der Waals surface area contributed by atoms with Crippen LogP contribution in [0, 0.1) is 4.91 Å². The average molecular weight is 272 g/mol. The highest BCUT2D eigenvalue weighted by Gasteiger charge is 2.02. The van der Waals surface area contributed by atoms with Gasteiger partial charge in [-0.25, -0.2) is 0 Å². The number of rotatable bonds is 7. The molecular formula is C11H18ClN5O. The molecule has 0 saturated carbocycles. The molecule has 0 aliphatic rings. The van der Waals surface area contributed by atoms with Crippen LogP contribution in [0.4, 0.5) is 0 Å². The van der Waals surface area contributed by atoms with E-state index in [4.69, 9.17) is 17.3 Å². The molecule has 6 nitrogen and oxygen atoms in total. The van der Waals surface area contributed by atoms with Gasteiger partial charge in [0.25, 0.3) is 0 Å². The monoisotopic (exact) mass is 271 g/mol. The van der Waals surface area contributed by atoms with Crippen molar-refractivity contribution in [2.24, 2.45) is 16.1 Å². The van der Waals surface area contributed by atoms with E-state index in [-0.39, 0.29) is 5.96 Å². The van der Waals surface area contributed by atoms with E-state index in [1.54, 1.807) is 24.1 Å². The maximum absolute atomic E-state index is 9.92. The molecule has 3 N–H and O–H groups in total. The number of likely N-dealkylation sites (N-methyl/N-ethyl adjacent to an activating group) is 1. The molecule has 100 valence electrons. The number of hydrogen-bond acceptors (Lipinski definition) is 3. The first-order chi connectivity index (χ1) is 8.51. The first-order valence-corrected chi connectivity index (χ1v) is 5.63. The Kier molecular flexibility index (Phi) is 8.30. The zero-order chi connectivity index (χ0) is 14.0. The third-order valence-electron chi connectivity index (χ3n) is 1.95. The number of nitroso groups, excluding NO2 is 1. The van der Waals surface area contributed by atoms with Gasteiger partial charge < -0.3 is 16.0 Å². The van der Waals surface area contributed by atoms with Crippen molar-refractivity contribution in [2.45, 2.75) is 6.92 Å². The second-order valence-corrected chi connectivity index (χ2v) is 4.00. The Morgan fingerprint density at radius 2 is 2.22 bits per heavy atom. The Morgan fingerprint density at radius 1 is 1.56 bits per heavy atom. The van der Waals surface area contributed by atoms with Crippen molar-refractivity contribution in [3.8, 4) is 0 Å².